The van der Waals surface area contributed by atoms with E-state index in [4.69, 9.17) is 10.2 Å². The third-order valence-corrected chi connectivity index (χ3v) is 0.843. The van der Waals surface area contributed by atoms with Crippen molar-refractivity contribution in [2.45, 2.75) is 6.10 Å². The van der Waals surface area contributed by atoms with Crippen LogP contribution in [0.4, 0.5) is 0 Å². The second-order valence-corrected chi connectivity index (χ2v) is 1.38. The van der Waals surface area contributed by atoms with Gasteiger partial charge in [0.2, 0.25) is 0 Å². The van der Waals surface area contributed by atoms with E-state index in [2.05, 4.69) is 12.6 Å². The number of hydrogen-bond acceptors (Lipinski definition) is 3. The molecule has 0 rings (SSSR count). The third kappa shape index (κ3) is 7.01. The molecule has 0 saturated carbocycles. The summed E-state index contributed by atoms with van der Waals surface area (Å²) in [6.45, 7) is -0.191. The summed E-state index contributed by atoms with van der Waals surface area (Å²) in [7, 11) is 0. The van der Waals surface area contributed by atoms with Crippen LogP contribution in [0.2, 0.25) is 0 Å². The van der Waals surface area contributed by atoms with Crippen LogP contribution < -0.4 is 0 Å². The van der Waals surface area contributed by atoms with Gasteiger partial charge in [-0.3, -0.25) is 0 Å². The Kier molecular flexibility index (Phi) is 10.9. The summed E-state index contributed by atoms with van der Waals surface area (Å²) in [4.78, 5) is 0. The molecule has 7 heavy (non-hydrogen) atoms. The predicted molar refractivity (Wildman–Crippen MR) is 26.9 cm³/mol. The molecule has 2 N–H and O–H groups in total. The molecule has 0 amide bonds. The topological polar surface area (TPSA) is 40.5 Å². The van der Waals surface area contributed by atoms with Crippen molar-refractivity contribution in [2.75, 3.05) is 12.4 Å². The maximum atomic E-state index is 8.34. The summed E-state index contributed by atoms with van der Waals surface area (Å²) < 4.78 is 0. The smallest absolute Gasteiger partial charge is 0.0858 e. The molecule has 1 unspecified atom stereocenters. The van der Waals surface area contributed by atoms with Crippen molar-refractivity contribution >= 4 is 12.6 Å². The number of aliphatic hydroxyl groups excluding tert-OH is 2. The zero-order valence-electron chi connectivity index (χ0n) is 3.63. The molecule has 0 saturated heterocycles. The van der Waals surface area contributed by atoms with Crippen LogP contribution in [0.15, 0.2) is 0 Å². The summed E-state index contributed by atoms with van der Waals surface area (Å²) in [5.74, 6) is 0.330. The molecule has 0 fully saturated rings. The van der Waals surface area contributed by atoms with Crippen molar-refractivity contribution in [2.24, 2.45) is 0 Å². The van der Waals surface area contributed by atoms with Gasteiger partial charge in [-0.05, 0) is 0 Å². The Bertz CT molecular complexity index is 32.1. The van der Waals surface area contributed by atoms with Gasteiger partial charge in [0.1, 0.15) is 0 Å². The molecule has 0 aromatic rings. The van der Waals surface area contributed by atoms with Crippen LogP contribution in [0.1, 0.15) is 0 Å². The van der Waals surface area contributed by atoms with Crippen molar-refractivity contribution in [1.82, 2.24) is 0 Å². The molecule has 1 radical (unpaired) electrons. The van der Waals surface area contributed by atoms with E-state index in [1.54, 1.807) is 0 Å². The standard InChI is InChI=1S/C3H8O2S.Au/c4-1-3(5)2-6;/h3-6H,1-2H2;. The first-order valence-corrected chi connectivity index (χ1v) is 2.34. The van der Waals surface area contributed by atoms with Crippen LogP contribution in [0.5, 0.6) is 0 Å². The van der Waals surface area contributed by atoms with Gasteiger partial charge in [-0.1, -0.05) is 0 Å². The van der Waals surface area contributed by atoms with Crippen LogP contribution >= 0.6 is 12.6 Å². The monoisotopic (exact) mass is 305 g/mol. The molecular formula is C3H8AuO2S. The van der Waals surface area contributed by atoms with Crippen molar-refractivity contribution in [1.29, 1.82) is 0 Å². The van der Waals surface area contributed by atoms with Crippen LogP contribution in [-0.4, -0.2) is 28.7 Å². The molecule has 0 aromatic heterocycles. The molecule has 49 valence electrons. The van der Waals surface area contributed by atoms with Gasteiger partial charge in [0.15, 0.2) is 0 Å². The minimum absolute atomic E-state index is 0. The fourth-order valence-electron chi connectivity index (χ4n) is 0.0577. The van der Waals surface area contributed by atoms with Crippen molar-refractivity contribution in [3.8, 4) is 0 Å². The molecule has 0 aliphatic carbocycles. The fraction of sp³-hybridized carbons (Fsp3) is 1.00. The Morgan fingerprint density at radius 1 is 1.57 bits per heavy atom. The van der Waals surface area contributed by atoms with E-state index < -0.39 is 6.10 Å². The largest absolute Gasteiger partial charge is 0.394 e. The van der Waals surface area contributed by atoms with Gasteiger partial charge in [0.25, 0.3) is 0 Å². The first-order valence-electron chi connectivity index (χ1n) is 1.71. The summed E-state index contributed by atoms with van der Waals surface area (Å²) in [6, 6.07) is 0. The summed E-state index contributed by atoms with van der Waals surface area (Å²) >= 11 is 3.69. The van der Waals surface area contributed by atoms with Gasteiger partial charge in [0, 0.05) is 28.1 Å². The van der Waals surface area contributed by atoms with Gasteiger partial charge < -0.3 is 10.2 Å². The Balaban J connectivity index is 0. The van der Waals surface area contributed by atoms with Gasteiger partial charge in [-0.2, -0.15) is 12.6 Å². The molecule has 0 aromatic carbocycles. The van der Waals surface area contributed by atoms with Crippen LogP contribution in [0.3, 0.4) is 0 Å². The first kappa shape index (κ1) is 10.9. The Hall–Kier alpha value is 1.01. The summed E-state index contributed by atoms with van der Waals surface area (Å²) in [6.07, 6.45) is -0.645. The fourth-order valence-corrected chi connectivity index (χ4v) is 0.173. The molecule has 0 aliphatic rings. The third-order valence-electron chi connectivity index (χ3n) is 0.421. The normalized spacial score (nSPS) is 12.4. The maximum Gasteiger partial charge on any atom is 0.0858 e. The van der Waals surface area contributed by atoms with Gasteiger partial charge in [-0.15, -0.1) is 0 Å². The van der Waals surface area contributed by atoms with E-state index in [1.807, 2.05) is 0 Å². The number of hydrogen-bond donors (Lipinski definition) is 3. The number of aliphatic hydroxyl groups is 2. The molecule has 4 heteroatoms. The predicted octanol–water partition coefficient (Wildman–Crippen LogP) is -0.733. The van der Waals surface area contributed by atoms with Crippen molar-refractivity contribution in [3.05, 3.63) is 0 Å². The summed E-state index contributed by atoms with van der Waals surface area (Å²) in [5.41, 5.74) is 0. The number of thiol groups is 1. The molecule has 0 heterocycles. The van der Waals surface area contributed by atoms with E-state index >= 15 is 0 Å². The van der Waals surface area contributed by atoms with E-state index in [1.165, 1.54) is 0 Å². The van der Waals surface area contributed by atoms with Crippen LogP contribution in [-0.2, 0) is 22.4 Å². The van der Waals surface area contributed by atoms with E-state index in [0.29, 0.717) is 5.75 Å². The molecule has 1 atom stereocenters. The molecule has 0 bridgehead atoms. The Morgan fingerprint density at radius 3 is 2.00 bits per heavy atom. The average molecular weight is 305 g/mol. The zero-order valence-corrected chi connectivity index (χ0v) is 6.70. The Morgan fingerprint density at radius 2 is 2.00 bits per heavy atom. The average Bonchev–Trinajstić information content (AvgIpc) is 1.65. The van der Waals surface area contributed by atoms with Gasteiger partial charge in [-0.25, -0.2) is 0 Å². The van der Waals surface area contributed by atoms with Crippen LogP contribution in [0, 0.1) is 0 Å². The van der Waals surface area contributed by atoms with Crippen LogP contribution in [0.25, 0.3) is 0 Å². The minimum atomic E-state index is -0.645. The van der Waals surface area contributed by atoms with Crippen molar-refractivity contribution in [3.63, 3.8) is 0 Å². The van der Waals surface area contributed by atoms with E-state index in [-0.39, 0.29) is 29.0 Å². The second-order valence-electron chi connectivity index (χ2n) is 1.02. The maximum absolute atomic E-state index is 8.34. The van der Waals surface area contributed by atoms with Crippen molar-refractivity contribution < 1.29 is 32.6 Å². The van der Waals surface area contributed by atoms with E-state index in [9.17, 15) is 0 Å². The SMILES string of the molecule is OCC(O)CS.[Au]. The van der Waals surface area contributed by atoms with Gasteiger partial charge >= 0.3 is 0 Å². The summed E-state index contributed by atoms with van der Waals surface area (Å²) in [5, 5.41) is 16.4. The molecule has 2 nitrogen and oxygen atoms in total. The molecule has 0 aliphatic heterocycles. The minimum Gasteiger partial charge on any atom is -0.394 e. The molecule has 0 spiro atoms. The zero-order chi connectivity index (χ0) is 4.99. The number of rotatable bonds is 2. The quantitative estimate of drug-likeness (QED) is 0.465. The molecular weight excluding hydrogens is 297 g/mol. The second kappa shape index (κ2) is 7.01. The van der Waals surface area contributed by atoms with Gasteiger partial charge in [0.05, 0.1) is 12.7 Å². The first-order chi connectivity index (χ1) is 2.81. The van der Waals surface area contributed by atoms with E-state index in [0.717, 1.165) is 0 Å². The Labute approximate surface area is 63.8 Å².